The zero-order valence-electron chi connectivity index (χ0n) is 13.0. The van der Waals surface area contributed by atoms with Gasteiger partial charge in [-0.2, -0.15) is 0 Å². The quantitative estimate of drug-likeness (QED) is 0.790. The van der Waals surface area contributed by atoms with E-state index < -0.39 is 11.6 Å². The Balaban J connectivity index is 1.62. The van der Waals surface area contributed by atoms with E-state index in [0.29, 0.717) is 13.1 Å². The van der Waals surface area contributed by atoms with Crippen LogP contribution < -0.4 is 0 Å². The molecule has 1 aliphatic rings. The van der Waals surface area contributed by atoms with Crippen LogP contribution in [0.2, 0.25) is 5.02 Å². The van der Waals surface area contributed by atoms with Crippen molar-refractivity contribution in [1.29, 1.82) is 0 Å². The van der Waals surface area contributed by atoms with E-state index in [0.717, 1.165) is 31.8 Å². The second-order valence-corrected chi connectivity index (χ2v) is 6.21. The molecule has 0 N–H and O–H groups in total. The van der Waals surface area contributed by atoms with E-state index in [4.69, 9.17) is 11.6 Å². The number of halogens is 3. The summed E-state index contributed by atoms with van der Waals surface area (Å²) in [5.41, 5.74) is 1.23. The van der Waals surface area contributed by atoms with E-state index in [1.165, 1.54) is 5.56 Å². The number of nitrogens with zero attached hydrogens (tertiary/aromatic N) is 2. The van der Waals surface area contributed by atoms with Crippen LogP contribution in [0.3, 0.4) is 0 Å². The van der Waals surface area contributed by atoms with Crippen molar-refractivity contribution >= 4 is 17.5 Å². The van der Waals surface area contributed by atoms with E-state index in [1.807, 2.05) is 18.2 Å². The smallest absolute Gasteiger partial charge is 0.255 e. The van der Waals surface area contributed by atoms with Crippen LogP contribution in [0.4, 0.5) is 8.78 Å². The Bertz CT molecular complexity index is 731. The van der Waals surface area contributed by atoms with Gasteiger partial charge in [-0.25, -0.2) is 8.78 Å². The molecular formula is C18H17ClF2N2O. The standard InChI is InChI=1S/C18H17ClF2N2O/c19-15-11-17(21)16(20)10-14(15)18(24)23-8-6-22(7-9-23)12-13-4-2-1-3-5-13/h1-5,10-11H,6-9,12H2. The molecule has 0 aliphatic carbocycles. The summed E-state index contributed by atoms with van der Waals surface area (Å²) in [4.78, 5) is 16.4. The van der Waals surface area contributed by atoms with Gasteiger partial charge in [-0.1, -0.05) is 41.9 Å². The monoisotopic (exact) mass is 350 g/mol. The first-order valence-corrected chi connectivity index (χ1v) is 8.12. The summed E-state index contributed by atoms with van der Waals surface area (Å²) in [6, 6.07) is 11.8. The summed E-state index contributed by atoms with van der Waals surface area (Å²) in [5.74, 6) is -2.48. The van der Waals surface area contributed by atoms with Gasteiger partial charge >= 0.3 is 0 Å². The molecule has 1 saturated heterocycles. The third-order valence-corrected chi connectivity index (χ3v) is 4.46. The minimum Gasteiger partial charge on any atom is -0.336 e. The Morgan fingerprint density at radius 2 is 1.62 bits per heavy atom. The molecule has 1 fully saturated rings. The minimum atomic E-state index is -1.06. The second kappa shape index (κ2) is 7.28. The van der Waals surface area contributed by atoms with Gasteiger partial charge in [0.05, 0.1) is 10.6 Å². The highest BCUT2D eigenvalue weighted by molar-refractivity contribution is 6.33. The predicted octanol–water partition coefficient (Wildman–Crippen LogP) is 3.58. The van der Waals surface area contributed by atoms with E-state index >= 15 is 0 Å². The molecule has 0 atom stereocenters. The molecule has 0 spiro atoms. The molecule has 1 aliphatic heterocycles. The SMILES string of the molecule is O=C(c1cc(F)c(F)cc1Cl)N1CCN(Cc2ccccc2)CC1. The van der Waals surface area contributed by atoms with E-state index in [9.17, 15) is 13.6 Å². The van der Waals surface area contributed by atoms with Gasteiger partial charge in [0, 0.05) is 32.7 Å². The van der Waals surface area contributed by atoms with Gasteiger partial charge in [-0.15, -0.1) is 0 Å². The van der Waals surface area contributed by atoms with Gasteiger partial charge in [0.1, 0.15) is 0 Å². The number of carbonyl (C=O) groups excluding carboxylic acids is 1. The lowest BCUT2D eigenvalue weighted by molar-refractivity contribution is 0.0628. The number of hydrogen-bond acceptors (Lipinski definition) is 2. The lowest BCUT2D eigenvalue weighted by Gasteiger charge is -2.35. The molecule has 0 radical (unpaired) electrons. The van der Waals surface area contributed by atoms with Crippen LogP contribution in [0, 0.1) is 11.6 Å². The van der Waals surface area contributed by atoms with Crippen LogP contribution in [-0.2, 0) is 6.54 Å². The summed E-state index contributed by atoms with van der Waals surface area (Å²) >= 11 is 5.89. The van der Waals surface area contributed by atoms with Crippen molar-refractivity contribution in [3.8, 4) is 0 Å². The van der Waals surface area contributed by atoms with Gasteiger partial charge < -0.3 is 4.90 Å². The maximum atomic E-state index is 13.4. The molecule has 0 saturated carbocycles. The first-order valence-electron chi connectivity index (χ1n) is 7.74. The average Bonchev–Trinajstić information content (AvgIpc) is 2.59. The van der Waals surface area contributed by atoms with Crippen molar-refractivity contribution in [2.45, 2.75) is 6.54 Å². The van der Waals surface area contributed by atoms with Crippen molar-refractivity contribution < 1.29 is 13.6 Å². The van der Waals surface area contributed by atoms with Gasteiger partial charge in [0.25, 0.3) is 5.91 Å². The highest BCUT2D eigenvalue weighted by Gasteiger charge is 2.24. The fraction of sp³-hybridized carbons (Fsp3) is 0.278. The fourth-order valence-corrected chi connectivity index (χ4v) is 3.04. The van der Waals surface area contributed by atoms with E-state index in [2.05, 4.69) is 17.0 Å². The molecule has 2 aromatic carbocycles. The molecular weight excluding hydrogens is 334 g/mol. The fourth-order valence-electron chi connectivity index (χ4n) is 2.81. The number of rotatable bonds is 3. The molecule has 3 nitrogen and oxygen atoms in total. The largest absolute Gasteiger partial charge is 0.336 e. The lowest BCUT2D eigenvalue weighted by Crippen LogP contribution is -2.48. The topological polar surface area (TPSA) is 23.6 Å². The lowest BCUT2D eigenvalue weighted by atomic mass is 10.1. The molecule has 1 amide bonds. The molecule has 126 valence electrons. The normalized spacial score (nSPS) is 15.5. The molecule has 0 aromatic heterocycles. The summed E-state index contributed by atoms with van der Waals surface area (Å²) in [6.45, 7) is 3.33. The highest BCUT2D eigenvalue weighted by atomic mass is 35.5. The van der Waals surface area contributed by atoms with Gasteiger partial charge in [-0.3, -0.25) is 9.69 Å². The maximum absolute atomic E-state index is 13.4. The van der Waals surface area contributed by atoms with Gasteiger partial charge in [0.15, 0.2) is 11.6 Å². The summed E-state index contributed by atoms with van der Waals surface area (Å²) < 4.78 is 26.5. The van der Waals surface area contributed by atoms with Gasteiger partial charge in [0.2, 0.25) is 0 Å². The molecule has 6 heteroatoms. The van der Waals surface area contributed by atoms with Crippen molar-refractivity contribution in [3.63, 3.8) is 0 Å². The van der Waals surface area contributed by atoms with Crippen molar-refractivity contribution in [1.82, 2.24) is 9.80 Å². The Morgan fingerprint density at radius 3 is 2.29 bits per heavy atom. The van der Waals surface area contributed by atoms with E-state index in [-0.39, 0.29) is 16.5 Å². The molecule has 0 unspecified atom stereocenters. The number of amides is 1. The number of benzene rings is 2. The zero-order chi connectivity index (χ0) is 17.1. The number of piperazine rings is 1. The zero-order valence-corrected chi connectivity index (χ0v) is 13.8. The highest BCUT2D eigenvalue weighted by Crippen LogP contribution is 2.22. The van der Waals surface area contributed by atoms with Crippen LogP contribution >= 0.6 is 11.6 Å². The van der Waals surface area contributed by atoms with Crippen molar-refractivity contribution in [2.24, 2.45) is 0 Å². The predicted molar refractivity (Wildman–Crippen MR) is 89.0 cm³/mol. The first kappa shape index (κ1) is 16.9. The molecule has 3 rings (SSSR count). The molecule has 24 heavy (non-hydrogen) atoms. The van der Waals surface area contributed by atoms with Crippen LogP contribution in [0.25, 0.3) is 0 Å². The summed E-state index contributed by atoms with van der Waals surface area (Å²) in [5, 5.41) is -0.0642. The van der Waals surface area contributed by atoms with E-state index in [1.54, 1.807) is 4.90 Å². The van der Waals surface area contributed by atoms with Crippen LogP contribution in [0.5, 0.6) is 0 Å². The van der Waals surface area contributed by atoms with Crippen molar-refractivity contribution in [2.75, 3.05) is 26.2 Å². The molecule has 2 aromatic rings. The Kier molecular flexibility index (Phi) is 5.11. The third-order valence-electron chi connectivity index (χ3n) is 4.15. The van der Waals surface area contributed by atoms with Gasteiger partial charge in [-0.05, 0) is 17.7 Å². The summed E-state index contributed by atoms with van der Waals surface area (Å²) in [7, 11) is 0. The van der Waals surface area contributed by atoms with Crippen molar-refractivity contribution in [3.05, 3.63) is 70.2 Å². The second-order valence-electron chi connectivity index (χ2n) is 5.80. The Hall–Kier alpha value is -1.98. The summed E-state index contributed by atoms with van der Waals surface area (Å²) in [6.07, 6.45) is 0. The van der Waals surface area contributed by atoms with Crippen LogP contribution in [0.1, 0.15) is 15.9 Å². The Morgan fingerprint density at radius 1 is 1.00 bits per heavy atom. The first-order chi connectivity index (χ1) is 11.5. The molecule has 1 heterocycles. The van der Waals surface area contributed by atoms with Crippen LogP contribution in [0.15, 0.2) is 42.5 Å². The maximum Gasteiger partial charge on any atom is 0.255 e. The number of hydrogen-bond donors (Lipinski definition) is 0. The third kappa shape index (κ3) is 3.74. The average molecular weight is 351 g/mol. The molecule has 0 bridgehead atoms. The number of carbonyl (C=O) groups is 1. The van der Waals surface area contributed by atoms with Crippen LogP contribution in [-0.4, -0.2) is 41.9 Å². The minimum absolute atomic E-state index is 0.00655. The Labute approximate surface area is 144 Å².